The summed E-state index contributed by atoms with van der Waals surface area (Å²) in [5, 5.41) is 0.919. The smallest absolute Gasteiger partial charge is 0.344 e. The molecule has 2 N–H and O–H groups in total. The van der Waals surface area contributed by atoms with Crippen LogP contribution in [0.1, 0.15) is 11.8 Å². The van der Waals surface area contributed by atoms with Gasteiger partial charge in [-0.3, -0.25) is 0 Å². The Morgan fingerprint density at radius 2 is 2.05 bits per heavy atom. The van der Waals surface area contributed by atoms with E-state index in [0.717, 1.165) is 15.4 Å². The molecule has 0 radical (unpaired) electrons. The molecule has 1 heterocycles. The molecule has 7 heteroatoms. The number of carbonyl (C=O) groups excluding carboxylic acids is 1. The number of aromatic nitrogens is 1. The maximum absolute atomic E-state index is 11.2. The number of ether oxygens (including phenoxy) is 2. The van der Waals surface area contributed by atoms with Crippen LogP contribution < -0.4 is 10.5 Å². The minimum absolute atomic E-state index is 0. The first-order chi connectivity index (χ1) is 9.72. The predicted octanol–water partition coefficient (Wildman–Crippen LogP) is 2.63. The molecule has 5 nitrogen and oxygen atoms in total. The van der Waals surface area contributed by atoms with Crippen LogP contribution in [0.4, 0.5) is 0 Å². The molecule has 2 aromatic rings. The summed E-state index contributed by atoms with van der Waals surface area (Å²) in [5.41, 5.74) is 6.56. The summed E-state index contributed by atoms with van der Waals surface area (Å²) in [6.07, 6.45) is 1.78. The van der Waals surface area contributed by atoms with Crippen LogP contribution in [-0.4, -0.2) is 24.2 Å². The molecule has 0 amide bonds. The number of halogens is 1. The molecule has 0 aliphatic heterocycles. The summed E-state index contributed by atoms with van der Waals surface area (Å²) in [6, 6.07) is 7.41. The Hall–Kier alpha value is -1.63. The largest absolute Gasteiger partial charge is 0.482 e. The Morgan fingerprint density at radius 1 is 1.33 bits per heavy atom. The highest BCUT2D eigenvalue weighted by Gasteiger charge is 2.06. The number of esters is 1. The SMILES string of the molecule is CCOC(=O)COc1ccc(-c2ncc(CN)s2)cc1.Cl. The molecule has 0 spiro atoms. The second kappa shape index (κ2) is 8.61. The van der Waals surface area contributed by atoms with E-state index in [0.29, 0.717) is 18.9 Å². The highest BCUT2D eigenvalue weighted by atomic mass is 35.5. The van der Waals surface area contributed by atoms with Crippen molar-refractivity contribution in [3.8, 4) is 16.3 Å². The molecule has 0 aliphatic rings. The zero-order chi connectivity index (χ0) is 14.4. The van der Waals surface area contributed by atoms with Crippen LogP contribution in [0.2, 0.25) is 0 Å². The van der Waals surface area contributed by atoms with Gasteiger partial charge in [0.05, 0.1) is 6.61 Å². The standard InChI is InChI=1S/C14H16N2O3S.ClH/c1-2-18-13(17)9-19-11-5-3-10(4-6-11)14-16-8-12(7-15)20-14;/h3-6,8H,2,7,9,15H2,1H3;1H. The van der Waals surface area contributed by atoms with E-state index in [4.69, 9.17) is 15.2 Å². The van der Waals surface area contributed by atoms with Crippen LogP contribution in [0.25, 0.3) is 10.6 Å². The third-order valence-electron chi connectivity index (χ3n) is 2.52. The molecule has 0 unspecified atom stereocenters. The Kier molecular flexibility index (Phi) is 7.14. The van der Waals surface area contributed by atoms with Gasteiger partial charge in [-0.2, -0.15) is 0 Å². The van der Waals surface area contributed by atoms with Gasteiger partial charge in [0.15, 0.2) is 6.61 Å². The summed E-state index contributed by atoms with van der Waals surface area (Å²) in [4.78, 5) is 16.5. The highest BCUT2D eigenvalue weighted by molar-refractivity contribution is 7.15. The van der Waals surface area contributed by atoms with Crippen molar-refractivity contribution < 1.29 is 14.3 Å². The zero-order valence-electron chi connectivity index (χ0n) is 11.6. The molecule has 0 aliphatic carbocycles. The molecule has 2 rings (SSSR count). The van der Waals surface area contributed by atoms with Gasteiger partial charge in [0, 0.05) is 23.2 Å². The maximum atomic E-state index is 11.2. The molecule has 21 heavy (non-hydrogen) atoms. The van der Waals surface area contributed by atoms with Crippen LogP contribution in [0.5, 0.6) is 5.75 Å². The second-order valence-electron chi connectivity index (χ2n) is 3.95. The lowest BCUT2D eigenvalue weighted by Crippen LogP contribution is -2.14. The van der Waals surface area contributed by atoms with Gasteiger partial charge in [0.2, 0.25) is 0 Å². The molecule has 114 valence electrons. The van der Waals surface area contributed by atoms with Crippen molar-refractivity contribution >= 4 is 29.7 Å². The van der Waals surface area contributed by atoms with E-state index in [2.05, 4.69) is 4.98 Å². The Labute approximate surface area is 133 Å². The molecule has 0 saturated heterocycles. The maximum Gasteiger partial charge on any atom is 0.344 e. The van der Waals surface area contributed by atoms with Crippen molar-refractivity contribution in [2.75, 3.05) is 13.2 Å². The molecule has 0 atom stereocenters. The zero-order valence-corrected chi connectivity index (χ0v) is 13.2. The predicted molar refractivity (Wildman–Crippen MR) is 84.8 cm³/mol. The Balaban J connectivity index is 0.00000220. The number of hydrogen-bond acceptors (Lipinski definition) is 6. The normalized spacial score (nSPS) is 9.81. The van der Waals surface area contributed by atoms with Crippen LogP contribution in [0, 0.1) is 0 Å². The number of nitrogens with zero attached hydrogens (tertiary/aromatic N) is 1. The highest BCUT2D eigenvalue weighted by Crippen LogP contribution is 2.26. The molecule has 0 bridgehead atoms. The lowest BCUT2D eigenvalue weighted by molar-refractivity contribution is -0.145. The minimum Gasteiger partial charge on any atom is -0.482 e. The fourth-order valence-electron chi connectivity index (χ4n) is 1.57. The molecule has 0 fully saturated rings. The first kappa shape index (κ1) is 17.4. The Morgan fingerprint density at radius 3 is 2.62 bits per heavy atom. The average molecular weight is 329 g/mol. The summed E-state index contributed by atoms with van der Waals surface area (Å²) in [5.74, 6) is 0.251. The van der Waals surface area contributed by atoms with Crippen molar-refractivity contribution in [2.24, 2.45) is 5.73 Å². The summed E-state index contributed by atoms with van der Waals surface area (Å²) < 4.78 is 10.1. The minimum atomic E-state index is -0.371. The number of carbonyl (C=O) groups is 1. The van der Waals surface area contributed by atoms with E-state index in [9.17, 15) is 4.79 Å². The Bertz CT molecular complexity index is 572. The molecule has 1 aromatic carbocycles. The van der Waals surface area contributed by atoms with E-state index in [1.807, 2.05) is 12.1 Å². The van der Waals surface area contributed by atoms with Crippen molar-refractivity contribution in [2.45, 2.75) is 13.5 Å². The van der Waals surface area contributed by atoms with E-state index >= 15 is 0 Å². The third-order valence-corrected chi connectivity index (χ3v) is 3.59. The number of nitrogens with two attached hydrogens (primary N) is 1. The van der Waals surface area contributed by atoms with E-state index in [1.165, 1.54) is 0 Å². The van der Waals surface area contributed by atoms with Gasteiger partial charge in [-0.05, 0) is 31.2 Å². The van der Waals surface area contributed by atoms with Crippen molar-refractivity contribution in [1.29, 1.82) is 0 Å². The van der Waals surface area contributed by atoms with Crippen LogP contribution in [-0.2, 0) is 16.1 Å². The summed E-state index contributed by atoms with van der Waals surface area (Å²) >= 11 is 1.57. The van der Waals surface area contributed by atoms with Crippen LogP contribution >= 0.6 is 23.7 Å². The van der Waals surface area contributed by atoms with E-state index < -0.39 is 0 Å². The molecular formula is C14H17ClN2O3S. The lowest BCUT2D eigenvalue weighted by Gasteiger charge is -2.06. The quantitative estimate of drug-likeness (QED) is 0.825. The van der Waals surface area contributed by atoms with Gasteiger partial charge < -0.3 is 15.2 Å². The van der Waals surface area contributed by atoms with Gasteiger partial charge in [-0.25, -0.2) is 9.78 Å². The summed E-state index contributed by atoms with van der Waals surface area (Å²) in [6.45, 7) is 2.53. The topological polar surface area (TPSA) is 74.4 Å². The monoisotopic (exact) mass is 328 g/mol. The van der Waals surface area contributed by atoms with E-state index in [-0.39, 0.29) is 25.0 Å². The second-order valence-corrected chi connectivity index (χ2v) is 5.07. The van der Waals surface area contributed by atoms with Crippen molar-refractivity contribution in [1.82, 2.24) is 4.98 Å². The van der Waals surface area contributed by atoms with Gasteiger partial charge in [-0.15, -0.1) is 23.7 Å². The average Bonchev–Trinajstić information content (AvgIpc) is 2.95. The van der Waals surface area contributed by atoms with Gasteiger partial charge >= 0.3 is 5.97 Å². The number of rotatable bonds is 6. The third kappa shape index (κ3) is 5.00. The van der Waals surface area contributed by atoms with Crippen molar-refractivity contribution in [3.63, 3.8) is 0 Å². The van der Waals surface area contributed by atoms with Crippen LogP contribution in [0.3, 0.4) is 0 Å². The van der Waals surface area contributed by atoms with Gasteiger partial charge in [-0.1, -0.05) is 0 Å². The fraction of sp³-hybridized carbons (Fsp3) is 0.286. The lowest BCUT2D eigenvalue weighted by atomic mass is 10.2. The molecule has 1 aromatic heterocycles. The number of thiazole rings is 1. The summed E-state index contributed by atoms with van der Waals surface area (Å²) in [7, 11) is 0. The number of hydrogen-bond donors (Lipinski definition) is 1. The first-order valence-electron chi connectivity index (χ1n) is 6.26. The molecule has 0 saturated carbocycles. The van der Waals surface area contributed by atoms with E-state index in [1.54, 1.807) is 36.6 Å². The van der Waals surface area contributed by atoms with Crippen molar-refractivity contribution in [3.05, 3.63) is 35.3 Å². The molecular weight excluding hydrogens is 312 g/mol. The van der Waals surface area contributed by atoms with Crippen LogP contribution in [0.15, 0.2) is 30.5 Å². The fourth-order valence-corrected chi connectivity index (χ4v) is 2.37. The first-order valence-corrected chi connectivity index (χ1v) is 7.08. The van der Waals surface area contributed by atoms with Gasteiger partial charge in [0.25, 0.3) is 0 Å². The van der Waals surface area contributed by atoms with Gasteiger partial charge in [0.1, 0.15) is 10.8 Å². The number of benzene rings is 1.